The van der Waals surface area contributed by atoms with Crippen LogP contribution in [0.25, 0.3) is 0 Å². The van der Waals surface area contributed by atoms with Crippen molar-refractivity contribution < 1.29 is 10.0 Å². The molecule has 0 atom stereocenters. The molecule has 5 heteroatoms. The molecule has 0 heterocycles. The zero-order valence-corrected chi connectivity index (χ0v) is 7.89. The summed E-state index contributed by atoms with van der Waals surface area (Å²) >= 11 is 11.5. The second-order valence-electron chi connectivity index (χ2n) is 2.45. The van der Waals surface area contributed by atoms with E-state index in [1.807, 2.05) is 0 Å². The molecule has 0 radical (unpaired) electrons. The van der Waals surface area contributed by atoms with Gasteiger partial charge in [-0.05, 0) is 18.6 Å². The third-order valence-corrected chi connectivity index (χ3v) is 2.54. The van der Waals surface area contributed by atoms with E-state index in [1.165, 1.54) is 6.07 Å². The van der Waals surface area contributed by atoms with Gasteiger partial charge in [-0.3, -0.25) is 0 Å². The van der Waals surface area contributed by atoms with E-state index >= 15 is 0 Å². The highest BCUT2D eigenvalue weighted by molar-refractivity contribution is 6.63. The quantitative estimate of drug-likeness (QED) is 0.670. The highest BCUT2D eigenvalue weighted by atomic mass is 35.5. The third-order valence-electron chi connectivity index (χ3n) is 1.63. The standard InChI is InChI=1S/C7H7BCl2O2/c1-4-6(9)3-2-5(7(4)10)8(11)12/h2-3,11-12H,1H3. The summed E-state index contributed by atoms with van der Waals surface area (Å²) in [5.74, 6) is 0. The van der Waals surface area contributed by atoms with Crippen molar-refractivity contribution in [2.75, 3.05) is 0 Å². The molecule has 0 amide bonds. The summed E-state index contributed by atoms with van der Waals surface area (Å²) < 4.78 is 0. The van der Waals surface area contributed by atoms with E-state index in [-0.39, 0.29) is 5.46 Å². The van der Waals surface area contributed by atoms with Crippen LogP contribution in [-0.2, 0) is 0 Å². The third kappa shape index (κ3) is 1.75. The Balaban J connectivity index is 3.27. The van der Waals surface area contributed by atoms with E-state index in [0.29, 0.717) is 15.6 Å². The van der Waals surface area contributed by atoms with E-state index < -0.39 is 7.12 Å². The largest absolute Gasteiger partial charge is 0.489 e. The molecule has 1 rings (SSSR count). The lowest BCUT2D eigenvalue weighted by atomic mass is 9.79. The molecule has 2 nitrogen and oxygen atoms in total. The van der Waals surface area contributed by atoms with Gasteiger partial charge in [0.15, 0.2) is 0 Å². The van der Waals surface area contributed by atoms with Gasteiger partial charge < -0.3 is 10.0 Å². The van der Waals surface area contributed by atoms with E-state index in [1.54, 1.807) is 13.0 Å². The summed E-state index contributed by atoms with van der Waals surface area (Å²) in [6, 6.07) is 3.07. The molecule has 0 fully saturated rings. The van der Waals surface area contributed by atoms with Gasteiger partial charge in [-0.1, -0.05) is 29.3 Å². The van der Waals surface area contributed by atoms with E-state index in [2.05, 4.69) is 0 Å². The molecule has 0 saturated carbocycles. The van der Waals surface area contributed by atoms with Gasteiger partial charge in [-0.25, -0.2) is 0 Å². The minimum absolute atomic E-state index is 0.276. The second kappa shape index (κ2) is 3.67. The maximum atomic E-state index is 8.85. The van der Waals surface area contributed by atoms with Crippen molar-refractivity contribution in [2.45, 2.75) is 6.92 Å². The van der Waals surface area contributed by atoms with Crippen molar-refractivity contribution in [1.29, 1.82) is 0 Å². The van der Waals surface area contributed by atoms with Gasteiger partial charge in [0.2, 0.25) is 0 Å². The van der Waals surface area contributed by atoms with Gasteiger partial charge >= 0.3 is 7.12 Å². The fraction of sp³-hybridized carbons (Fsp3) is 0.143. The zero-order chi connectivity index (χ0) is 9.30. The number of hydrogen-bond donors (Lipinski definition) is 2. The van der Waals surface area contributed by atoms with Crippen LogP contribution in [0.2, 0.25) is 10.0 Å². The smallest absolute Gasteiger partial charge is 0.423 e. The number of halogens is 2. The van der Waals surface area contributed by atoms with Crippen molar-refractivity contribution in [3.05, 3.63) is 27.7 Å². The first-order valence-corrected chi connectivity index (χ1v) is 4.10. The van der Waals surface area contributed by atoms with E-state index in [9.17, 15) is 0 Å². The average Bonchev–Trinajstić information content (AvgIpc) is 2.00. The van der Waals surface area contributed by atoms with Crippen molar-refractivity contribution in [1.82, 2.24) is 0 Å². The molecule has 0 saturated heterocycles. The molecule has 2 N–H and O–H groups in total. The van der Waals surface area contributed by atoms with Crippen molar-refractivity contribution in [3.63, 3.8) is 0 Å². The summed E-state index contributed by atoms with van der Waals surface area (Å²) in [4.78, 5) is 0. The molecular formula is C7H7BCl2O2. The molecular weight excluding hydrogens is 198 g/mol. The molecule has 64 valence electrons. The van der Waals surface area contributed by atoms with Gasteiger partial charge in [0.25, 0.3) is 0 Å². The van der Waals surface area contributed by atoms with E-state index in [0.717, 1.165) is 0 Å². The number of rotatable bonds is 1. The van der Waals surface area contributed by atoms with Gasteiger partial charge in [-0.2, -0.15) is 0 Å². The average molecular weight is 205 g/mol. The van der Waals surface area contributed by atoms with Crippen LogP contribution in [0, 0.1) is 6.92 Å². The lowest BCUT2D eigenvalue weighted by Gasteiger charge is -2.06. The summed E-state index contributed by atoms with van der Waals surface area (Å²) in [5.41, 5.74) is 0.933. The Labute approximate surface area is 80.9 Å². The Morgan fingerprint density at radius 3 is 2.33 bits per heavy atom. The maximum Gasteiger partial charge on any atom is 0.489 e. The normalized spacial score (nSPS) is 10.1. The van der Waals surface area contributed by atoms with Crippen molar-refractivity contribution in [3.8, 4) is 0 Å². The molecule has 0 spiro atoms. The fourth-order valence-electron chi connectivity index (χ4n) is 0.882. The molecule has 1 aromatic carbocycles. The topological polar surface area (TPSA) is 40.5 Å². The molecule has 0 bridgehead atoms. The van der Waals surface area contributed by atoms with Crippen LogP contribution in [-0.4, -0.2) is 17.2 Å². The molecule has 0 aliphatic carbocycles. The van der Waals surface area contributed by atoms with Crippen molar-refractivity contribution >= 4 is 35.8 Å². The minimum atomic E-state index is -1.55. The van der Waals surface area contributed by atoms with Crippen LogP contribution in [0.3, 0.4) is 0 Å². The zero-order valence-electron chi connectivity index (χ0n) is 6.38. The predicted octanol–water partition coefficient (Wildman–Crippen LogP) is 0.982. The summed E-state index contributed by atoms with van der Waals surface area (Å²) in [6.07, 6.45) is 0. The monoisotopic (exact) mass is 204 g/mol. The van der Waals surface area contributed by atoms with Crippen LogP contribution < -0.4 is 5.46 Å². The number of hydrogen-bond acceptors (Lipinski definition) is 2. The highest BCUT2D eigenvalue weighted by Gasteiger charge is 2.17. The Morgan fingerprint density at radius 1 is 1.25 bits per heavy atom. The number of benzene rings is 1. The molecule has 0 aromatic heterocycles. The molecule has 1 aromatic rings. The van der Waals surface area contributed by atoms with Crippen LogP contribution in [0.15, 0.2) is 12.1 Å². The van der Waals surface area contributed by atoms with Gasteiger partial charge in [0.05, 0.1) is 0 Å². The van der Waals surface area contributed by atoms with Gasteiger partial charge in [0.1, 0.15) is 0 Å². The first kappa shape index (κ1) is 9.87. The molecule has 0 unspecified atom stereocenters. The first-order valence-electron chi connectivity index (χ1n) is 3.34. The van der Waals surface area contributed by atoms with Crippen LogP contribution >= 0.6 is 23.2 Å². The lowest BCUT2D eigenvalue weighted by molar-refractivity contribution is 0.426. The molecule has 0 aliphatic heterocycles. The van der Waals surface area contributed by atoms with Crippen LogP contribution in [0.5, 0.6) is 0 Å². The van der Waals surface area contributed by atoms with Gasteiger partial charge in [0, 0.05) is 15.5 Å². The summed E-state index contributed by atoms with van der Waals surface area (Å²) in [7, 11) is -1.55. The van der Waals surface area contributed by atoms with Crippen LogP contribution in [0.4, 0.5) is 0 Å². The summed E-state index contributed by atoms with van der Waals surface area (Å²) in [5, 5.41) is 18.5. The Kier molecular flexibility index (Phi) is 3.01. The maximum absolute atomic E-state index is 8.85. The molecule has 0 aliphatic rings. The predicted molar refractivity (Wildman–Crippen MR) is 51.0 cm³/mol. The Bertz CT molecular complexity index is 302. The lowest BCUT2D eigenvalue weighted by Crippen LogP contribution is -2.31. The van der Waals surface area contributed by atoms with Crippen molar-refractivity contribution in [2.24, 2.45) is 0 Å². The summed E-state index contributed by atoms with van der Waals surface area (Å²) in [6.45, 7) is 1.72. The first-order chi connectivity index (χ1) is 5.54. The minimum Gasteiger partial charge on any atom is -0.423 e. The molecule has 12 heavy (non-hydrogen) atoms. The highest BCUT2D eigenvalue weighted by Crippen LogP contribution is 2.21. The second-order valence-corrected chi connectivity index (χ2v) is 3.23. The Morgan fingerprint density at radius 2 is 1.83 bits per heavy atom. The van der Waals surface area contributed by atoms with Gasteiger partial charge in [-0.15, -0.1) is 0 Å². The Hall–Kier alpha value is -0.215. The fourth-order valence-corrected chi connectivity index (χ4v) is 1.35. The van der Waals surface area contributed by atoms with Crippen LogP contribution in [0.1, 0.15) is 5.56 Å². The SMILES string of the molecule is Cc1c(Cl)ccc(B(O)O)c1Cl. The van der Waals surface area contributed by atoms with E-state index in [4.69, 9.17) is 33.2 Å².